The molecule has 1 aromatic carbocycles. The van der Waals surface area contributed by atoms with Crippen molar-refractivity contribution in [1.29, 1.82) is 0 Å². The molecule has 3 rings (SSSR count). The SMILES string of the molecule is Cc1nn(CC(=O)N(C(C)C)C(C)C)c(=O)c2c1cnn2-c1ccccc1. The molecule has 0 aliphatic carbocycles. The third-order valence-corrected chi connectivity index (χ3v) is 4.55. The number of nitrogens with zero attached hydrogens (tertiary/aromatic N) is 5. The van der Waals surface area contributed by atoms with Crippen LogP contribution in [0.3, 0.4) is 0 Å². The van der Waals surface area contributed by atoms with Crippen LogP contribution >= 0.6 is 0 Å². The number of aromatic nitrogens is 4. The fourth-order valence-electron chi connectivity index (χ4n) is 3.48. The molecule has 0 atom stereocenters. The minimum Gasteiger partial charge on any atom is -0.336 e. The van der Waals surface area contributed by atoms with Crippen molar-refractivity contribution < 1.29 is 4.79 Å². The fraction of sp³-hybridized carbons (Fsp3) is 0.400. The van der Waals surface area contributed by atoms with Gasteiger partial charge in [-0.3, -0.25) is 9.59 Å². The molecule has 27 heavy (non-hydrogen) atoms. The highest BCUT2D eigenvalue weighted by Crippen LogP contribution is 2.17. The van der Waals surface area contributed by atoms with E-state index in [1.54, 1.807) is 15.8 Å². The van der Waals surface area contributed by atoms with Crippen LogP contribution in [0.4, 0.5) is 0 Å². The molecule has 7 nitrogen and oxygen atoms in total. The van der Waals surface area contributed by atoms with Gasteiger partial charge in [0, 0.05) is 17.5 Å². The lowest BCUT2D eigenvalue weighted by atomic mass is 10.2. The number of hydrogen-bond acceptors (Lipinski definition) is 4. The number of benzene rings is 1. The van der Waals surface area contributed by atoms with Gasteiger partial charge in [-0.1, -0.05) is 18.2 Å². The minimum atomic E-state index is -0.322. The summed E-state index contributed by atoms with van der Waals surface area (Å²) >= 11 is 0. The molecule has 0 saturated carbocycles. The van der Waals surface area contributed by atoms with Crippen LogP contribution in [-0.2, 0) is 11.3 Å². The third kappa shape index (κ3) is 3.49. The van der Waals surface area contributed by atoms with Gasteiger partial charge in [0.05, 0.1) is 17.6 Å². The molecular formula is C20H25N5O2. The lowest BCUT2D eigenvalue weighted by Gasteiger charge is -2.30. The minimum absolute atomic E-state index is 0.0490. The number of carbonyl (C=O) groups excluding carboxylic acids is 1. The second kappa shape index (κ2) is 7.34. The second-order valence-electron chi connectivity index (χ2n) is 7.19. The Morgan fingerprint density at radius 2 is 1.74 bits per heavy atom. The highest BCUT2D eigenvalue weighted by molar-refractivity contribution is 5.82. The van der Waals surface area contributed by atoms with Crippen LogP contribution < -0.4 is 5.56 Å². The lowest BCUT2D eigenvalue weighted by Crippen LogP contribution is -2.45. The van der Waals surface area contributed by atoms with Crippen LogP contribution in [0.5, 0.6) is 0 Å². The predicted molar refractivity (Wildman–Crippen MR) is 105 cm³/mol. The van der Waals surface area contributed by atoms with Gasteiger partial charge in [-0.2, -0.15) is 10.2 Å². The Kier molecular flexibility index (Phi) is 5.12. The Balaban J connectivity index is 2.09. The van der Waals surface area contributed by atoms with E-state index in [2.05, 4.69) is 10.2 Å². The van der Waals surface area contributed by atoms with Crippen molar-refractivity contribution in [2.24, 2.45) is 0 Å². The van der Waals surface area contributed by atoms with Crippen molar-refractivity contribution in [2.75, 3.05) is 0 Å². The normalized spacial score (nSPS) is 11.5. The van der Waals surface area contributed by atoms with Crippen LogP contribution in [0.25, 0.3) is 16.6 Å². The van der Waals surface area contributed by atoms with Crippen LogP contribution in [0, 0.1) is 6.92 Å². The Hall–Kier alpha value is -2.96. The zero-order chi connectivity index (χ0) is 19.7. The monoisotopic (exact) mass is 367 g/mol. The molecule has 2 aromatic heterocycles. The van der Waals surface area contributed by atoms with E-state index >= 15 is 0 Å². The average molecular weight is 367 g/mol. The van der Waals surface area contributed by atoms with Crippen LogP contribution in [0.15, 0.2) is 41.3 Å². The third-order valence-electron chi connectivity index (χ3n) is 4.55. The lowest BCUT2D eigenvalue weighted by molar-refractivity contribution is -0.135. The molecule has 2 heterocycles. The van der Waals surface area contributed by atoms with Crippen LogP contribution in [0.1, 0.15) is 33.4 Å². The van der Waals surface area contributed by atoms with Gasteiger partial charge in [0.2, 0.25) is 5.91 Å². The summed E-state index contributed by atoms with van der Waals surface area (Å²) in [7, 11) is 0. The Labute approximate surface area is 158 Å². The number of rotatable bonds is 5. The summed E-state index contributed by atoms with van der Waals surface area (Å²) in [5.74, 6) is -0.126. The molecule has 1 amide bonds. The zero-order valence-corrected chi connectivity index (χ0v) is 16.4. The van der Waals surface area contributed by atoms with Gasteiger partial charge in [-0.05, 0) is 46.8 Å². The van der Waals surface area contributed by atoms with Gasteiger partial charge in [0.25, 0.3) is 5.56 Å². The van der Waals surface area contributed by atoms with E-state index in [9.17, 15) is 9.59 Å². The topological polar surface area (TPSA) is 73.0 Å². The van der Waals surface area contributed by atoms with Crippen molar-refractivity contribution in [3.63, 3.8) is 0 Å². The maximum atomic E-state index is 13.1. The van der Waals surface area contributed by atoms with Crippen LogP contribution in [0.2, 0.25) is 0 Å². The molecule has 0 radical (unpaired) electrons. The standard InChI is InChI=1S/C20H25N5O2/c1-13(2)24(14(3)4)18(26)12-23-20(27)19-17(15(5)22-23)11-21-25(19)16-9-7-6-8-10-16/h6-11,13-14H,12H2,1-5H3. The molecule has 7 heteroatoms. The summed E-state index contributed by atoms with van der Waals surface area (Å²) in [5, 5.41) is 9.41. The predicted octanol–water partition coefficient (Wildman–Crippen LogP) is 2.54. The second-order valence-corrected chi connectivity index (χ2v) is 7.19. The molecule has 0 saturated heterocycles. The number of fused-ring (bicyclic) bond motifs is 1. The molecule has 0 N–H and O–H groups in total. The number of hydrogen-bond donors (Lipinski definition) is 0. The van der Waals surface area contributed by atoms with E-state index in [4.69, 9.17) is 0 Å². The molecule has 142 valence electrons. The van der Waals surface area contributed by atoms with Crippen LogP contribution in [-0.4, -0.2) is 42.5 Å². The van der Waals surface area contributed by atoms with Crippen molar-refractivity contribution in [3.05, 3.63) is 52.6 Å². The van der Waals surface area contributed by atoms with Gasteiger partial charge >= 0.3 is 0 Å². The summed E-state index contributed by atoms with van der Waals surface area (Å²) in [6.07, 6.45) is 1.65. The first-order valence-electron chi connectivity index (χ1n) is 9.13. The number of carbonyl (C=O) groups is 1. The van der Waals surface area contributed by atoms with E-state index in [1.807, 2.05) is 65.0 Å². The summed E-state index contributed by atoms with van der Waals surface area (Å²) in [4.78, 5) is 27.7. The largest absolute Gasteiger partial charge is 0.336 e. The van der Waals surface area contributed by atoms with Crippen molar-refractivity contribution in [3.8, 4) is 5.69 Å². The van der Waals surface area contributed by atoms with Gasteiger partial charge < -0.3 is 4.90 Å². The molecule has 0 aliphatic heterocycles. The summed E-state index contributed by atoms with van der Waals surface area (Å²) in [6, 6.07) is 9.56. The molecule has 0 fully saturated rings. The molecule has 0 aliphatic rings. The summed E-state index contributed by atoms with van der Waals surface area (Å²) < 4.78 is 2.86. The Bertz CT molecular complexity index is 1010. The van der Waals surface area contributed by atoms with Crippen molar-refractivity contribution in [2.45, 2.75) is 53.2 Å². The van der Waals surface area contributed by atoms with Gasteiger partial charge in [-0.15, -0.1) is 0 Å². The van der Waals surface area contributed by atoms with E-state index < -0.39 is 0 Å². The highest BCUT2D eigenvalue weighted by atomic mass is 16.2. The molecule has 0 bridgehead atoms. The summed E-state index contributed by atoms with van der Waals surface area (Å²) in [5.41, 5.74) is 1.57. The maximum absolute atomic E-state index is 13.1. The molecule has 3 aromatic rings. The smallest absolute Gasteiger partial charge is 0.293 e. The quantitative estimate of drug-likeness (QED) is 0.695. The average Bonchev–Trinajstić information content (AvgIpc) is 3.05. The molecular weight excluding hydrogens is 342 g/mol. The van der Waals surface area contributed by atoms with Gasteiger partial charge in [0.1, 0.15) is 12.1 Å². The first kappa shape index (κ1) is 18.8. The fourth-order valence-corrected chi connectivity index (χ4v) is 3.48. The van der Waals surface area contributed by atoms with Crippen molar-refractivity contribution in [1.82, 2.24) is 24.5 Å². The number of aryl methyl sites for hydroxylation is 1. The molecule has 0 unspecified atom stereocenters. The van der Waals surface area contributed by atoms with Gasteiger partial charge in [-0.25, -0.2) is 9.36 Å². The maximum Gasteiger partial charge on any atom is 0.293 e. The first-order valence-corrected chi connectivity index (χ1v) is 9.13. The van der Waals surface area contributed by atoms with E-state index in [-0.39, 0.29) is 30.1 Å². The highest BCUT2D eigenvalue weighted by Gasteiger charge is 2.22. The number of para-hydroxylation sites is 1. The summed E-state index contributed by atoms with van der Waals surface area (Å²) in [6.45, 7) is 9.59. The first-order chi connectivity index (χ1) is 12.8. The number of amides is 1. The van der Waals surface area contributed by atoms with E-state index in [0.717, 1.165) is 5.69 Å². The van der Waals surface area contributed by atoms with Gasteiger partial charge in [0.15, 0.2) is 0 Å². The van der Waals surface area contributed by atoms with E-state index in [0.29, 0.717) is 16.6 Å². The molecule has 0 spiro atoms. The Morgan fingerprint density at radius 3 is 2.33 bits per heavy atom. The Morgan fingerprint density at radius 1 is 1.11 bits per heavy atom. The van der Waals surface area contributed by atoms with Crippen molar-refractivity contribution >= 4 is 16.8 Å². The zero-order valence-electron chi connectivity index (χ0n) is 16.4. The van der Waals surface area contributed by atoms with E-state index in [1.165, 1.54) is 4.68 Å².